The molecule has 4 rings (SSSR count). The van der Waals surface area contributed by atoms with E-state index in [4.69, 9.17) is 16.3 Å². The number of hydrogen-bond donors (Lipinski definition) is 0. The first kappa shape index (κ1) is 25.4. The second-order valence-corrected chi connectivity index (χ2v) is 11.0. The molecule has 2 amide bonds. The lowest BCUT2D eigenvalue weighted by atomic mass is 10.0. The Kier molecular flexibility index (Phi) is 8.26. The Bertz CT molecular complexity index is 1270. The Labute approximate surface area is 219 Å². The van der Waals surface area contributed by atoms with E-state index in [2.05, 4.69) is 26.0 Å². The smallest absolute Gasteiger partial charge is 0.293 e. The van der Waals surface area contributed by atoms with E-state index in [-0.39, 0.29) is 24.3 Å². The summed E-state index contributed by atoms with van der Waals surface area (Å²) < 4.78 is 6.00. The van der Waals surface area contributed by atoms with Crippen molar-refractivity contribution in [3.8, 4) is 5.75 Å². The molecule has 0 aliphatic carbocycles. The van der Waals surface area contributed by atoms with Crippen LogP contribution in [-0.2, 0) is 4.79 Å². The van der Waals surface area contributed by atoms with Gasteiger partial charge in [-0.15, -0.1) is 0 Å². The van der Waals surface area contributed by atoms with Crippen molar-refractivity contribution in [3.05, 3.63) is 93.3 Å². The third kappa shape index (κ3) is 6.31. The fourth-order valence-corrected chi connectivity index (χ4v) is 5.55. The first-order chi connectivity index (χ1) is 16.8. The van der Waals surface area contributed by atoms with E-state index in [0.29, 0.717) is 15.8 Å². The average molecular weight is 524 g/mol. The van der Waals surface area contributed by atoms with E-state index in [1.807, 2.05) is 61.5 Å². The molecular weight excluding hydrogens is 498 g/mol. The van der Waals surface area contributed by atoms with Crippen molar-refractivity contribution in [2.45, 2.75) is 36.5 Å². The maximum absolute atomic E-state index is 13.0. The standard InChI is InChI=1S/C28H26ClNO3S2/c1-18(2)23-13-8-19(3)16-24(23)33-15-14-30-27(31)26(35-28(30)32)17-20-6-4-5-7-25(20)34-22-11-9-21(29)10-12-22/h4-13,16-18H,14-15H2,1-3H3/b26-17-. The SMILES string of the molecule is Cc1ccc(C(C)C)c(OCCN2C(=O)S/C(=C\c3ccccc3Sc3ccc(Cl)cc3)C2=O)c1. The second kappa shape index (κ2) is 11.4. The van der Waals surface area contributed by atoms with Crippen LogP contribution < -0.4 is 4.74 Å². The van der Waals surface area contributed by atoms with Crippen LogP contribution in [0.5, 0.6) is 5.75 Å². The van der Waals surface area contributed by atoms with Gasteiger partial charge in [0.2, 0.25) is 0 Å². The highest BCUT2D eigenvalue weighted by atomic mass is 35.5. The molecule has 0 spiro atoms. The molecule has 1 fully saturated rings. The highest BCUT2D eigenvalue weighted by Gasteiger charge is 2.35. The lowest BCUT2D eigenvalue weighted by molar-refractivity contribution is -0.123. The van der Waals surface area contributed by atoms with Gasteiger partial charge in [0.15, 0.2) is 0 Å². The Morgan fingerprint density at radius 2 is 1.80 bits per heavy atom. The van der Waals surface area contributed by atoms with Crippen molar-refractivity contribution in [1.82, 2.24) is 4.90 Å². The van der Waals surface area contributed by atoms with E-state index in [9.17, 15) is 9.59 Å². The first-order valence-electron chi connectivity index (χ1n) is 11.3. The molecular formula is C28H26ClNO3S2. The van der Waals surface area contributed by atoms with Crippen LogP contribution in [0.2, 0.25) is 5.02 Å². The number of nitrogens with zero attached hydrogens (tertiary/aromatic N) is 1. The summed E-state index contributed by atoms with van der Waals surface area (Å²) in [6.45, 7) is 6.69. The van der Waals surface area contributed by atoms with Crippen molar-refractivity contribution in [2.75, 3.05) is 13.2 Å². The number of aryl methyl sites for hydroxylation is 1. The van der Waals surface area contributed by atoms with Crippen LogP contribution in [0, 0.1) is 6.92 Å². The summed E-state index contributed by atoms with van der Waals surface area (Å²) in [5.41, 5.74) is 3.10. The topological polar surface area (TPSA) is 46.6 Å². The third-order valence-corrected chi connectivity index (χ3v) is 7.74. The van der Waals surface area contributed by atoms with Crippen molar-refractivity contribution in [2.24, 2.45) is 0 Å². The van der Waals surface area contributed by atoms with Gasteiger partial charge in [-0.3, -0.25) is 14.5 Å². The third-order valence-electron chi connectivity index (χ3n) is 5.48. The van der Waals surface area contributed by atoms with Crippen LogP contribution >= 0.6 is 35.1 Å². The molecule has 0 aromatic heterocycles. The van der Waals surface area contributed by atoms with Crippen molar-refractivity contribution in [1.29, 1.82) is 0 Å². The lowest BCUT2D eigenvalue weighted by Gasteiger charge is -2.17. The summed E-state index contributed by atoms with van der Waals surface area (Å²) in [7, 11) is 0. The van der Waals surface area contributed by atoms with Crippen molar-refractivity contribution in [3.63, 3.8) is 0 Å². The molecule has 1 heterocycles. The number of hydrogen-bond acceptors (Lipinski definition) is 5. The largest absolute Gasteiger partial charge is 0.491 e. The van der Waals surface area contributed by atoms with Gasteiger partial charge in [-0.1, -0.05) is 67.5 Å². The van der Waals surface area contributed by atoms with Crippen LogP contribution in [0.15, 0.2) is 81.4 Å². The van der Waals surface area contributed by atoms with Gasteiger partial charge in [0.1, 0.15) is 12.4 Å². The number of ether oxygens (including phenoxy) is 1. The van der Waals surface area contributed by atoms with E-state index in [1.165, 1.54) is 4.90 Å². The predicted octanol–water partition coefficient (Wildman–Crippen LogP) is 8.04. The minimum atomic E-state index is -0.289. The van der Waals surface area contributed by atoms with Gasteiger partial charge in [0, 0.05) is 14.8 Å². The fourth-order valence-electron chi connectivity index (χ4n) is 3.65. The molecule has 3 aromatic rings. The highest BCUT2D eigenvalue weighted by molar-refractivity contribution is 8.18. The lowest BCUT2D eigenvalue weighted by Crippen LogP contribution is -2.32. The number of carbonyl (C=O) groups is 2. The van der Waals surface area contributed by atoms with Gasteiger partial charge in [-0.25, -0.2) is 0 Å². The van der Waals surface area contributed by atoms with Gasteiger partial charge < -0.3 is 4.74 Å². The number of imide groups is 1. The fraction of sp³-hybridized carbons (Fsp3) is 0.214. The molecule has 1 aliphatic heterocycles. The number of amides is 2. The van der Waals surface area contributed by atoms with Gasteiger partial charge >= 0.3 is 0 Å². The van der Waals surface area contributed by atoms with E-state index in [0.717, 1.165) is 44.0 Å². The number of rotatable bonds is 8. The first-order valence-corrected chi connectivity index (χ1v) is 13.3. The zero-order chi connectivity index (χ0) is 24.9. The number of thioether (sulfide) groups is 1. The van der Waals surface area contributed by atoms with Crippen molar-refractivity contribution >= 4 is 52.3 Å². The molecule has 3 aromatic carbocycles. The Hall–Kier alpha value is -2.67. The Balaban J connectivity index is 1.45. The van der Waals surface area contributed by atoms with Crippen LogP contribution in [0.4, 0.5) is 4.79 Å². The summed E-state index contributed by atoms with van der Waals surface area (Å²) in [5.74, 6) is 0.829. The normalized spacial score (nSPS) is 14.9. The summed E-state index contributed by atoms with van der Waals surface area (Å²) in [6, 6.07) is 21.6. The van der Waals surface area contributed by atoms with Gasteiger partial charge in [0.25, 0.3) is 11.1 Å². The molecule has 0 unspecified atom stereocenters. The summed E-state index contributed by atoms with van der Waals surface area (Å²) in [4.78, 5) is 29.4. The van der Waals surface area contributed by atoms with Crippen LogP contribution in [0.25, 0.3) is 6.08 Å². The van der Waals surface area contributed by atoms with Gasteiger partial charge in [-0.2, -0.15) is 0 Å². The van der Waals surface area contributed by atoms with Crippen molar-refractivity contribution < 1.29 is 14.3 Å². The molecule has 180 valence electrons. The van der Waals surface area contributed by atoms with E-state index >= 15 is 0 Å². The molecule has 7 heteroatoms. The predicted molar refractivity (Wildman–Crippen MR) is 145 cm³/mol. The summed E-state index contributed by atoms with van der Waals surface area (Å²) in [5, 5.41) is 0.407. The van der Waals surface area contributed by atoms with Crippen LogP contribution in [0.3, 0.4) is 0 Å². The minimum Gasteiger partial charge on any atom is -0.491 e. The van der Waals surface area contributed by atoms with Crippen LogP contribution in [0.1, 0.15) is 36.5 Å². The Morgan fingerprint density at radius 1 is 1.06 bits per heavy atom. The molecule has 0 N–H and O–H groups in total. The molecule has 4 nitrogen and oxygen atoms in total. The highest BCUT2D eigenvalue weighted by Crippen LogP contribution is 2.36. The zero-order valence-electron chi connectivity index (χ0n) is 19.8. The number of halogens is 1. The van der Waals surface area contributed by atoms with Gasteiger partial charge in [0.05, 0.1) is 11.4 Å². The molecule has 35 heavy (non-hydrogen) atoms. The molecule has 1 saturated heterocycles. The summed E-state index contributed by atoms with van der Waals surface area (Å²) >= 11 is 8.55. The number of benzene rings is 3. The number of carbonyl (C=O) groups excluding carboxylic acids is 2. The summed E-state index contributed by atoms with van der Waals surface area (Å²) in [6.07, 6.45) is 1.79. The zero-order valence-corrected chi connectivity index (χ0v) is 22.2. The molecule has 0 bridgehead atoms. The Morgan fingerprint density at radius 3 is 2.54 bits per heavy atom. The van der Waals surface area contributed by atoms with Crippen LogP contribution in [-0.4, -0.2) is 29.2 Å². The van der Waals surface area contributed by atoms with Gasteiger partial charge in [-0.05, 0) is 83.8 Å². The minimum absolute atomic E-state index is 0.203. The average Bonchev–Trinajstić information content (AvgIpc) is 3.09. The quantitative estimate of drug-likeness (QED) is 0.279. The maximum atomic E-state index is 13.0. The second-order valence-electron chi connectivity index (χ2n) is 8.47. The monoisotopic (exact) mass is 523 g/mol. The molecule has 0 radical (unpaired) electrons. The van der Waals surface area contributed by atoms with E-state index < -0.39 is 0 Å². The molecule has 0 saturated carbocycles. The molecule has 1 aliphatic rings. The molecule has 0 atom stereocenters. The van der Waals surface area contributed by atoms with E-state index in [1.54, 1.807) is 17.8 Å². The maximum Gasteiger partial charge on any atom is 0.293 e.